The zero-order valence-corrected chi connectivity index (χ0v) is 7.95. The SMILES string of the molecule is CCC1C(=O)NC(=O)CN1C(=O)CN. The molecule has 0 aromatic heterocycles. The van der Waals surface area contributed by atoms with E-state index >= 15 is 0 Å². The predicted octanol–water partition coefficient (Wildman–Crippen LogP) is -1.79. The fraction of sp³-hybridized carbons (Fsp3) is 0.625. The van der Waals surface area contributed by atoms with Gasteiger partial charge in [-0.2, -0.15) is 0 Å². The number of rotatable bonds is 2. The van der Waals surface area contributed by atoms with E-state index in [2.05, 4.69) is 5.32 Å². The molecule has 0 bridgehead atoms. The Morgan fingerprint density at radius 1 is 1.64 bits per heavy atom. The molecule has 1 atom stereocenters. The Morgan fingerprint density at radius 2 is 2.29 bits per heavy atom. The largest absolute Gasteiger partial charge is 0.322 e. The van der Waals surface area contributed by atoms with Gasteiger partial charge in [-0.15, -0.1) is 0 Å². The summed E-state index contributed by atoms with van der Waals surface area (Å²) >= 11 is 0. The number of carbonyl (C=O) groups excluding carboxylic acids is 3. The van der Waals surface area contributed by atoms with Crippen molar-refractivity contribution >= 4 is 17.7 Å². The highest BCUT2D eigenvalue weighted by Gasteiger charge is 2.34. The predicted molar refractivity (Wildman–Crippen MR) is 48.0 cm³/mol. The maximum absolute atomic E-state index is 11.3. The van der Waals surface area contributed by atoms with Crippen molar-refractivity contribution < 1.29 is 14.4 Å². The number of amides is 3. The molecular formula is C8H13N3O3. The molecule has 0 aromatic carbocycles. The van der Waals surface area contributed by atoms with Crippen LogP contribution in [-0.4, -0.2) is 41.8 Å². The molecule has 14 heavy (non-hydrogen) atoms. The van der Waals surface area contributed by atoms with Crippen LogP contribution in [0.2, 0.25) is 0 Å². The van der Waals surface area contributed by atoms with Crippen LogP contribution < -0.4 is 11.1 Å². The topological polar surface area (TPSA) is 92.5 Å². The van der Waals surface area contributed by atoms with Crippen LogP contribution in [0.25, 0.3) is 0 Å². The Kier molecular flexibility index (Phi) is 3.19. The molecule has 6 heteroatoms. The van der Waals surface area contributed by atoms with Crippen molar-refractivity contribution in [3.8, 4) is 0 Å². The van der Waals surface area contributed by atoms with Gasteiger partial charge >= 0.3 is 0 Å². The Morgan fingerprint density at radius 3 is 2.79 bits per heavy atom. The van der Waals surface area contributed by atoms with Gasteiger partial charge in [-0.25, -0.2) is 0 Å². The minimum atomic E-state index is -0.566. The molecule has 0 saturated carbocycles. The van der Waals surface area contributed by atoms with Gasteiger partial charge in [0.25, 0.3) is 0 Å². The zero-order chi connectivity index (χ0) is 10.7. The van der Waals surface area contributed by atoms with Gasteiger partial charge in [-0.1, -0.05) is 6.92 Å². The second-order valence-corrected chi connectivity index (χ2v) is 3.06. The number of nitrogens with zero attached hydrogens (tertiary/aromatic N) is 1. The molecule has 3 amide bonds. The maximum atomic E-state index is 11.3. The first kappa shape index (κ1) is 10.6. The Balaban J connectivity index is 2.83. The van der Waals surface area contributed by atoms with E-state index in [1.807, 2.05) is 0 Å². The van der Waals surface area contributed by atoms with Crippen LogP contribution in [0, 0.1) is 0 Å². The Labute approximate surface area is 81.4 Å². The van der Waals surface area contributed by atoms with E-state index in [1.165, 1.54) is 4.90 Å². The third kappa shape index (κ3) is 1.90. The normalized spacial score (nSPS) is 22.1. The summed E-state index contributed by atoms with van der Waals surface area (Å²) in [4.78, 5) is 34.8. The summed E-state index contributed by atoms with van der Waals surface area (Å²) < 4.78 is 0. The molecule has 6 nitrogen and oxygen atoms in total. The molecule has 0 radical (unpaired) electrons. The van der Waals surface area contributed by atoms with Crippen molar-refractivity contribution in [3.05, 3.63) is 0 Å². The van der Waals surface area contributed by atoms with E-state index in [0.29, 0.717) is 6.42 Å². The fourth-order valence-electron chi connectivity index (χ4n) is 1.45. The van der Waals surface area contributed by atoms with Crippen LogP contribution >= 0.6 is 0 Å². The molecule has 1 heterocycles. The Bertz CT molecular complexity index is 277. The highest BCUT2D eigenvalue weighted by molar-refractivity contribution is 6.04. The van der Waals surface area contributed by atoms with Crippen LogP contribution in [0.3, 0.4) is 0 Å². The number of carbonyl (C=O) groups is 3. The number of nitrogens with one attached hydrogen (secondary N) is 1. The quantitative estimate of drug-likeness (QED) is 0.514. The summed E-state index contributed by atoms with van der Waals surface area (Å²) in [6.45, 7) is 1.51. The number of nitrogens with two attached hydrogens (primary N) is 1. The van der Waals surface area contributed by atoms with Crippen LogP contribution in [-0.2, 0) is 14.4 Å². The maximum Gasteiger partial charge on any atom is 0.249 e. The monoisotopic (exact) mass is 199 g/mol. The van der Waals surface area contributed by atoms with Gasteiger partial charge in [-0.3, -0.25) is 19.7 Å². The second kappa shape index (κ2) is 4.19. The minimum Gasteiger partial charge on any atom is -0.322 e. The van der Waals surface area contributed by atoms with Gasteiger partial charge in [0.1, 0.15) is 12.6 Å². The average molecular weight is 199 g/mol. The van der Waals surface area contributed by atoms with Gasteiger partial charge < -0.3 is 10.6 Å². The molecule has 1 aliphatic rings. The van der Waals surface area contributed by atoms with Crippen LogP contribution in [0.4, 0.5) is 0 Å². The van der Waals surface area contributed by atoms with Gasteiger partial charge in [-0.05, 0) is 6.42 Å². The summed E-state index contributed by atoms with van der Waals surface area (Å²) in [7, 11) is 0. The summed E-state index contributed by atoms with van der Waals surface area (Å²) in [5.41, 5.74) is 5.18. The lowest BCUT2D eigenvalue weighted by molar-refractivity contribution is -0.149. The highest BCUT2D eigenvalue weighted by atomic mass is 16.2. The number of imide groups is 1. The summed E-state index contributed by atoms with van der Waals surface area (Å²) in [5, 5.41) is 2.18. The molecule has 1 saturated heterocycles. The molecule has 0 spiro atoms. The fourth-order valence-corrected chi connectivity index (χ4v) is 1.45. The third-order valence-electron chi connectivity index (χ3n) is 2.14. The van der Waals surface area contributed by atoms with E-state index in [4.69, 9.17) is 5.73 Å². The van der Waals surface area contributed by atoms with E-state index in [1.54, 1.807) is 6.92 Å². The summed E-state index contributed by atoms with van der Waals surface area (Å²) in [6, 6.07) is -0.566. The lowest BCUT2D eigenvalue weighted by Gasteiger charge is -2.32. The molecule has 3 N–H and O–H groups in total. The first-order valence-corrected chi connectivity index (χ1v) is 4.43. The Hall–Kier alpha value is -1.43. The second-order valence-electron chi connectivity index (χ2n) is 3.06. The van der Waals surface area contributed by atoms with Crippen molar-refractivity contribution in [3.63, 3.8) is 0 Å². The molecule has 1 rings (SSSR count). The van der Waals surface area contributed by atoms with Crippen molar-refractivity contribution in [1.29, 1.82) is 0 Å². The molecule has 1 aliphatic heterocycles. The first-order chi connectivity index (χ1) is 6.60. The lowest BCUT2D eigenvalue weighted by atomic mass is 10.1. The van der Waals surface area contributed by atoms with Crippen molar-refractivity contribution in [2.24, 2.45) is 5.73 Å². The molecular weight excluding hydrogens is 186 g/mol. The molecule has 1 fully saturated rings. The number of hydrogen-bond donors (Lipinski definition) is 2. The molecule has 0 aromatic rings. The van der Waals surface area contributed by atoms with E-state index in [9.17, 15) is 14.4 Å². The third-order valence-corrected chi connectivity index (χ3v) is 2.14. The summed E-state index contributed by atoms with van der Waals surface area (Å²) in [5.74, 6) is -1.26. The van der Waals surface area contributed by atoms with Gasteiger partial charge in [0.15, 0.2) is 0 Å². The zero-order valence-electron chi connectivity index (χ0n) is 7.95. The van der Waals surface area contributed by atoms with Crippen LogP contribution in [0.1, 0.15) is 13.3 Å². The first-order valence-electron chi connectivity index (χ1n) is 4.43. The lowest BCUT2D eigenvalue weighted by Crippen LogP contribution is -2.60. The minimum absolute atomic E-state index is 0.0831. The molecule has 78 valence electrons. The van der Waals surface area contributed by atoms with Gasteiger partial charge in [0.2, 0.25) is 17.7 Å². The van der Waals surface area contributed by atoms with Crippen molar-refractivity contribution in [2.75, 3.05) is 13.1 Å². The van der Waals surface area contributed by atoms with E-state index < -0.39 is 17.9 Å². The number of piperazine rings is 1. The average Bonchev–Trinajstić information content (AvgIpc) is 2.15. The van der Waals surface area contributed by atoms with Gasteiger partial charge in [0, 0.05) is 0 Å². The van der Waals surface area contributed by atoms with E-state index in [0.717, 1.165) is 0 Å². The highest BCUT2D eigenvalue weighted by Crippen LogP contribution is 2.08. The van der Waals surface area contributed by atoms with E-state index in [-0.39, 0.29) is 19.0 Å². The smallest absolute Gasteiger partial charge is 0.249 e. The van der Waals surface area contributed by atoms with Crippen molar-refractivity contribution in [1.82, 2.24) is 10.2 Å². The van der Waals surface area contributed by atoms with Crippen molar-refractivity contribution in [2.45, 2.75) is 19.4 Å². The molecule has 1 unspecified atom stereocenters. The summed E-state index contributed by atoms with van der Waals surface area (Å²) in [6.07, 6.45) is 0.477. The standard InChI is InChI=1S/C8H13N3O3/c1-2-5-8(14)10-6(12)4-11(5)7(13)3-9/h5H,2-4,9H2,1H3,(H,10,12,14). The van der Waals surface area contributed by atoms with Crippen LogP contribution in [0.15, 0.2) is 0 Å². The molecule has 0 aliphatic carbocycles. The number of hydrogen-bond acceptors (Lipinski definition) is 4. The van der Waals surface area contributed by atoms with Crippen LogP contribution in [0.5, 0.6) is 0 Å². The van der Waals surface area contributed by atoms with Gasteiger partial charge in [0.05, 0.1) is 6.54 Å².